The Labute approximate surface area is 135 Å². The summed E-state index contributed by atoms with van der Waals surface area (Å²) in [5.74, 6) is 0.911. The van der Waals surface area contributed by atoms with Gasteiger partial charge in [-0.2, -0.15) is 10.4 Å². The van der Waals surface area contributed by atoms with Crippen LogP contribution in [0.1, 0.15) is 5.56 Å². The summed E-state index contributed by atoms with van der Waals surface area (Å²) in [6, 6.07) is 11.7. The lowest BCUT2D eigenvalue weighted by Gasteiger charge is -2.18. The maximum absolute atomic E-state index is 9.09. The maximum Gasteiger partial charge on any atom is 0.129 e. The fourth-order valence-corrected chi connectivity index (χ4v) is 2.43. The van der Waals surface area contributed by atoms with Gasteiger partial charge in [0.25, 0.3) is 0 Å². The number of hydrogen-bond donors (Lipinski definition) is 1. The van der Waals surface area contributed by atoms with Crippen molar-refractivity contribution >= 4 is 11.3 Å². The van der Waals surface area contributed by atoms with Gasteiger partial charge in [0.2, 0.25) is 0 Å². The van der Waals surface area contributed by atoms with Gasteiger partial charge in [-0.25, -0.2) is 9.50 Å². The van der Waals surface area contributed by atoms with E-state index >= 15 is 0 Å². The highest BCUT2D eigenvalue weighted by atomic mass is 15.2. The molecule has 1 N–H and O–H groups in total. The number of anilines is 1. The molecular formula is C17H18N6. The summed E-state index contributed by atoms with van der Waals surface area (Å²) in [5, 5.41) is 16.6. The molecule has 3 rings (SSSR count). The second kappa shape index (κ2) is 6.46. The fourth-order valence-electron chi connectivity index (χ4n) is 2.43. The lowest BCUT2D eigenvalue weighted by Crippen LogP contribution is -2.27. The minimum Gasteiger partial charge on any atom is -0.358 e. The van der Waals surface area contributed by atoms with Crippen LogP contribution in [0.15, 0.2) is 42.7 Å². The van der Waals surface area contributed by atoms with Crippen molar-refractivity contribution in [3.63, 3.8) is 0 Å². The van der Waals surface area contributed by atoms with E-state index in [1.807, 2.05) is 38.4 Å². The Kier molecular flexibility index (Phi) is 4.22. The van der Waals surface area contributed by atoms with Gasteiger partial charge in [0.05, 0.1) is 29.0 Å². The fraction of sp³-hybridized carbons (Fsp3) is 0.235. The van der Waals surface area contributed by atoms with Crippen LogP contribution in [0, 0.1) is 11.3 Å². The monoisotopic (exact) mass is 306 g/mol. The van der Waals surface area contributed by atoms with Gasteiger partial charge in [0.15, 0.2) is 0 Å². The Bertz CT molecular complexity index is 861. The molecule has 0 bridgehead atoms. The molecule has 0 fully saturated rings. The molecule has 0 aliphatic rings. The Balaban J connectivity index is 2.00. The number of aromatic nitrogens is 3. The van der Waals surface area contributed by atoms with Gasteiger partial charge < -0.3 is 10.2 Å². The van der Waals surface area contributed by atoms with E-state index in [0.717, 1.165) is 35.7 Å². The molecule has 0 aliphatic carbocycles. The van der Waals surface area contributed by atoms with Crippen molar-refractivity contribution in [2.24, 2.45) is 0 Å². The molecule has 0 aliphatic heterocycles. The number of likely N-dealkylation sites (N-methyl/N-ethyl adjacent to an activating group) is 2. The standard InChI is InChI=1S/C17H18N6/c1-19-7-9-22(2)17-5-3-4-15(21-17)14-12-20-23-8-6-13(11-18)10-16(14)23/h3-6,8,10,12,19H,7,9H2,1-2H3. The molecule has 0 aromatic carbocycles. The van der Waals surface area contributed by atoms with Gasteiger partial charge >= 0.3 is 0 Å². The number of nitrogens with zero attached hydrogens (tertiary/aromatic N) is 5. The zero-order chi connectivity index (χ0) is 16.2. The summed E-state index contributed by atoms with van der Waals surface area (Å²) >= 11 is 0. The number of nitriles is 1. The molecule has 0 radical (unpaired) electrons. The largest absolute Gasteiger partial charge is 0.358 e. The van der Waals surface area contributed by atoms with Gasteiger partial charge in [-0.05, 0) is 31.3 Å². The minimum atomic E-state index is 0.613. The highest BCUT2D eigenvalue weighted by Crippen LogP contribution is 2.25. The molecule has 0 saturated heterocycles. The lowest BCUT2D eigenvalue weighted by molar-refractivity contribution is 0.762. The minimum absolute atomic E-state index is 0.613. The van der Waals surface area contributed by atoms with E-state index in [4.69, 9.17) is 10.2 Å². The third-order valence-electron chi connectivity index (χ3n) is 3.75. The van der Waals surface area contributed by atoms with Crippen LogP contribution in [0.2, 0.25) is 0 Å². The molecule has 3 aromatic rings. The lowest BCUT2D eigenvalue weighted by atomic mass is 10.1. The van der Waals surface area contributed by atoms with E-state index in [2.05, 4.69) is 21.4 Å². The predicted molar refractivity (Wildman–Crippen MR) is 90.3 cm³/mol. The first-order valence-electron chi connectivity index (χ1n) is 7.43. The zero-order valence-corrected chi connectivity index (χ0v) is 13.2. The average molecular weight is 306 g/mol. The van der Waals surface area contributed by atoms with Crippen molar-refractivity contribution in [2.75, 3.05) is 32.1 Å². The molecule has 3 heterocycles. The van der Waals surface area contributed by atoms with E-state index in [1.54, 1.807) is 23.0 Å². The van der Waals surface area contributed by atoms with Crippen molar-refractivity contribution in [3.8, 4) is 17.3 Å². The first-order valence-corrected chi connectivity index (χ1v) is 7.43. The maximum atomic E-state index is 9.09. The zero-order valence-electron chi connectivity index (χ0n) is 13.2. The van der Waals surface area contributed by atoms with Crippen LogP contribution < -0.4 is 10.2 Å². The molecule has 3 aromatic heterocycles. The third kappa shape index (κ3) is 3.00. The van der Waals surface area contributed by atoms with Crippen LogP contribution in [0.3, 0.4) is 0 Å². The Morgan fingerprint density at radius 2 is 2.22 bits per heavy atom. The van der Waals surface area contributed by atoms with E-state index < -0.39 is 0 Å². The number of hydrogen-bond acceptors (Lipinski definition) is 5. The molecule has 0 amide bonds. The summed E-state index contributed by atoms with van der Waals surface area (Å²) in [4.78, 5) is 6.84. The quantitative estimate of drug-likeness (QED) is 0.780. The SMILES string of the molecule is CNCCN(C)c1cccc(-c2cnn3ccc(C#N)cc23)n1. The molecule has 0 spiro atoms. The Hall–Kier alpha value is -2.91. The summed E-state index contributed by atoms with van der Waals surface area (Å²) in [6.45, 7) is 1.77. The molecule has 0 saturated carbocycles. The van der Waals surface area contributed by atoms with Gasteiger partial charge in [-0.3, -0.25) is 0 Å². The van der Waals surface area contributed by atoms with Gasteiger partial charge in [0, 0.05) is 31.9 Å². The molecule has 0 unspecified atom stereocenters. The van der Waals surface area contributed by atoms with Crippen molar-refractivity contribution in [1.82, 2.24) is 19.9 Å². The third-order valence-corrected chi connectivity index (χ3v) is 3.75. The second-order valence-electron chi connectivity index (χ2n) is 5.32. The van der Waals surface area contributed by atoms with Gasteiger partial charge in [0.1, 0.15) is 5.82 Å². The van der Waals surface area contributed by atoms with Crippen LogP contribution in [0.5, 0.6) is 0 Å². The highest BCUT2D eigenvalue weighted by Gasteiger charge is 2.10. The van der Waals surface area contributed by atoms with Crippen LogP contribution in [0.25, 0.3) is 16.8 Å². The van der Waals surface area contributed by atoms with Crippen molar-refractivity contribution in [2.45, 2.75) is 0 Å². The second-order valence-corrected chi connectivity index (χ2v) is 5.32. The van der Waals surface area contributed by atoms with E-state index in [-0.39, 0.29) is 0 Å². The number of fused-ring (bicyclic) bond motifs is 1. The highest BCUT2D eigenvalue weighted by molar-refractivity contribution is 5.79. The van der Waals surface area contributed by atoms with E-state index in [0.29, 0.717) is 5.56 Å². The molecular weight excluding hydrogens is 288 g/mol. The number of nitrogens with one attached hydrogen (secondary N) is 1. The average Bonchev–Trinajstić information content (AvgIpc) is 3.02. The molecule has 6 nitrogen and oxygen atoms in total. The predicted octanol–water partition coefficient (Wildman–Crippen LogP) is 1.92. The van der Waals surface area contributed by atoms with Crippen LogP contribution in [-0.4, -0.2) is 41.8 Å². The Morgan fingerprint density at radius 3 is 3.00 bits per heavy atom. The van der Waals surface area contributed by atoms with Crippen LogP contribution in [-0.2, 0) is 0 Å². The number of pyridine rings is 2. The first kappa shape index (κ1) is 15.0. The Morgan fingerprint density at radius 1 is 1.35 bits per heavy atom. The molecule has 6 heteroatoms. The van der Waals surface area contributed by atoms with Crippen molar-refractivity contribution < 1.29 is 0 Å². The van der Waals surface area contributed by atoms with Crippen LogP contribution >= 0.6 is 0 Å². The molecule has 23 heavy (non-hydrogen) atoms. The van der Waals surface area contributed by atoms with Gasteiger partial charge in [-0.1, -0.05) is 6.07 Å². The number of rotatable bonds is 5. The van der Waals surface area contributed by atoms with Crippen LogP contribution in [0.4, 0.5) is 5.82 Å². The van der Waals surface area contributed by atoms with Crippen molar-refractivity contribution in [1.29, 1.82) is 5.26 Å². The van der Waals surface area contributed by atoms with E-state index in [9.17, 15) is 0 Å². The van der Waals surface area contributed by atoms with Gasteiger partial charge in [-0.15, -0.1) is 0 Å². The summed E-state index contributed by atoms with van der Waals surface area (Å²) in [5.41, 5.74) is 3.27. The normalized spacial score (nSPS) is 10.7. The molecule has 116 valence electrons. The van der Waals surface area contributed by atoms with Crippen molar-refractivity contribution in [3.05, 3.63) is 48.3 Å². The summed E-state index contributed by atoms with van der Waals surface area (Å²) < 4.78 is 1.76. The van der Waals surface area contributed by atoms with E-state index in [1.165, 1.54) is 0 Å². The molecule has 0 atom stereocenters. The first-order chi connectivity index (χ1) is 11.2. The summed E-state index contributed by atoms with van der Waals surface area (Å²) in [7, 11) is 3.96. The summed E-state index contributed by atoms with van der Waals surface area (Å²) in [6.07, 6.45) is 3.58. The topological polar surface area (TPSA) is 69.2 Å². The smallest absolute Gasteiger partial charge is 0.129 e.